The van der Waals surface area contributed by atoms with Gasteiger partial charge in [-0.15, -0.1) is 0 Å². The lowest BCUT2D eigenvalue weighted by molar-refractivity contribution is 0.320. The van der Waals surface area contributed by atoms with Crippen LogP contribution in [0.1, 0.15) is 44.4 Å². The van der Waals surface area contributed by atoms with Crippen LogP contribution in [0.4, 0.5) is 10.3 Å². The predicted molar refractivity (Wildman–Crippen MR) is 84.2 cm³/mol. The quantitative estimate of drug-likeness (QED) is 0.892. The van der Waals surface area contributed by atoms with Gasteiger partial charge in [-0.1, -0.05) is 13.0 Å². The van der Waals surface area contributed by atoms with Crippen molar-refractivity contribution in [2.24, 2.45) is 5.92 Å². The minimum atomic E-state index is -0.210. The lowest BCUT2D eigenvalue weighted by atomic mass is 9.90. The number of rotatable bonds is 3. The van der Waals surface area contributed by atoms with Gasteiger partial charge in [-0.3, -0.25) is 0 Å². The zero-order valence-corrected chi connectivity index (χ0v) is 13.3. The molecule has 7 heteroatoms. The first-order valence-corrected chi connectivity index (χ1v) is 8.44. The summed E-state index contributed by atoms with van der Waals surface area (Å²) in [5, 5.41) is 9.11. The molecule has 6 nitrogen and oxygen atoms in total. The maximum atomic E-state index is 14.4. The van der Waals surface area contributed by atoms with Gasteiger partial charge < -0.3 is 9.84 Å². The van der Waals surface area contributed by atoms with Gasteiger partial charge in [0, 0.05) is 17.9 Å². The molecule has 124 valence electrons. The Kier molecular flexibility index (Phi) is 3.90. The van der Waals surface area contributed by atoms with E-state index in [0.717, 1.165) is 38.8 Å². The lowest BCUT2D eigenvalue weighted by Crippen LogP contribution is -2.36. The summed E-state index contributed by atoms with van der Waals surface area (Å²) >= 11 is 0. The molecule has 0 spiro atoms. The van der Waals surface area contributed by atoms with Crippen LogP contribution in [0.15, 0.2) is 28.2 Å². The molecule has 23 heavy (non-hydrogen) atoms. The number of hydrazine groups is 1. The third-order valence-electron chi connectivity index (χ3n) is 5.03. The molecule has 2 atom stereocenters. The van der Waals surface area contributed by atoms with Crippen LogP contribution in [-0.4, -0.2) is 29.3 Å². The standard InChI is InChI=1S/C16H22FN5O/c1-2-13-11-4-3-5-12(17)14(11)22(20-13)16-19-15(23-21-16)10-6-8-18-9-7-10/h3,5,10-11,13,18,20H,2,4,6-9H2,1H3. The van der Waals surface area contributed by atoms with Gasteiger partial charge in [0.05, 0.1) is 5.70 Å². The fraction of sp³-hybridized carbons (Fsp3) is 0.625. The number of nitrogens with one attached hydrogen (secondary N) is 2. The summed E-state index contributed by atoms with van der Waals surface area (Å²) < 4.78 is 19.8. The molecular weight excluding hydrogens is 297 g/mol. The van der Waals surface area contributed by atoms with Crippen molar-refractivity contribution < 1.29 is 8.91 Å². The van der Waals surface area contributed by atoms with Gasteiger partial charge in [-0.05, 0) is 50.0 Å². The van der Waals surface area contributed by atoms with E-state index in [1.165, 1.54) is 6.08 Å². The van der Waals surface area contributed by atoms with E-state index in [4.69, 9.17) is 4.52 Å². The second-order valence-electron chi connectivity index (χ2n) is 6.41. The monoisotopic (exact) mass is 319 g/mol. The third-order valence-corrected chi connectivity index (χ3v) is 5.03. The van der Waals surface area contributed by atoms with Gasteiger partial charge >= 0.3 is 0 Å². The molecule has 2 N–H and O–H groups in total. The average Bonchev–Trinajstić information content (AvgIpc) is 3.21. The number of hydrogen-bond donors (Lipinski definition) is 2. The van der Waals surface area contributed by atoms with E-state index in [2.05, 4.69) is 27.8 Å². The minimum Gasteiger partial charge on any atom is -0.337 e. The van der Waals surface area contributed by atoms with Crippen molar-refractivity contribution in [2.45, 2.75) is 44.6 Å². The number of nitrogens with zero attached hydrogens (tertiary/aromatic N) is 3. The van der Waals surface area contributed by atoms with Crippen molar-refractivity contribution in [1.29, 1.82) is 0 Å². The van der Waals surface area contributed by atoms with E-state index in [0.29, 0.717) is 23.5 Å². The van der Waals surface area contributed by atoms with Crippen molar-refractivity contribution in [3.63, 3.8) is 0 Å². The molecule has 3 aliphatic rings. The molecule has 1 aliphatic carbocycles. The van der Waals surface area contributed by atoms with Crippen LogP contribution in [0.2, 0.25) is 0 Å². The second kappa shape index (κ2) is 6.05. The van der Waals surface area contributed by atoms with Crippen LogP contribution in [0, 0.1) is 5.92 Å². The molecule has 0 amide bonds. The molecule has 2 saturated heterocycles. The topological polar surface area (TPSA) is 66.2 Å². The highest BCUT2D eigenvalue weighted by Crippen LogP contribution is 2.39. The molecular formula is C16H22FN5O. The highest BCUT2D eigenvalue weighted by atomic mass is 19.1. The van der Waals surface area contributed by atoms with Crippen LogP contribution >= 0.6 is 0 Å². The summed E-state index contributed by atoms with van der Waals surface area (Å²) in [4.78, 5) is 4.54. The number of anilines is 1. The molecule has 0 radical (unpaired) electrons. The molecule has 1 aromatic rings. The Morgan fingerprint density at radius 2 is 2.22 bits per heavy atom. The fourth-order valence-electron chi connectivity index (χ4n) is 3.74. The number of halogens is 1. The molecule has 1 aromatic heterocycles. The lowest BCUT2D eigenvalue weighted by Gasteiger charge is -2.20. The SMILES string of the molecule is CCC1NN(c2noc(C3CCNCC3)n2)C2=C(F)C=CCC21. The van der Waals surface area contributed by atoms with E-state index in [9.17, 15) is 4.39 Å². The van der Waals surface area contributed by atoms with Gasteiger partial charge in [-0.25, -0.2) is 14.8 Å². The van der Waals surface area contributed by atoms with Crippen LogP contribution in [0.3, 0.4) is 0 Å². The zero-order chi connectivity index (χ0) is 15.8. The Bertz CT molecular complexity index is 634. The first-order chi connectivity index (χ1) is 11.3. The molecule has 4 rings (SSSR count). The smallest absolute Gasteiger partial charge is 0.285 e. The molecule has 0 saturated carbocycles. The number of piperidine rings is 1. The second-order valence-corrected chi connectivity index (χ2v) is 6.41. The summed E-state index contributed by atoms with van der Waals surface area (Å²) in [5.41, 5.74) is 3.98. The van der Waals surface area contributed by atoms with E-state index in [1.807, 2.05) is 6.08 Å². The number of allylic oxidation sites excluding steroid dienone is 3. The third kappa shape index (κ3) is 2.57. The van der Waals surface area contributed by atoms with Gasteiger partial charge in [-0.2, -0.15) is 4.98 Å². The molecule has 2 fully saturated rings. The van der Waals surface area contributed by atoms with Gasteiger partial charge in [0.15, 0.2) is 0 Å². The molecule has 0 bridgehead atoms. The van der Waals surface area contributed by atoms with Gasteiger partial charge in [0.2, 0.25) is 5.89 Å². The summed E-state index contributed by atoms with van der Waals surface area (Å²) in [6.45, 7) is 4.04. The summed E-state index contributed by atoms with van der Waals surface area (Å²) in [6.07, 6.45) is 7.18. The van der Waals surface area contributed by atoms with Crippen LogP contribution < -0.4 is 15.8 Å². The number of aromatic nitrogens is 2. The first kappa shape index (κ1) is 14.8. The van der Waals surface area contributed by atoms with E-state index < -0.39 is 0 Å². The molecule has 0 aromatic carbocycles. The molecule has 2 aliphatic heterocycles. The summed E-state index contributed by atoms with van der Waals surface area (Å²) in [7, 11) is 0. The van der Waals surface area contributed by atoms with E-state index >= 15 is 0 Å². The first-order valence-electron chi connectivity index (χ1n) is 8.44. The number of hydrogen-bond acceptors (Lipinski definition) is 6. The van der Waals surface area contributed by atoms with Crippen molar-refractivity contribution in [1.82, 2.24) is 20.9 Å². The Morgan fingerprint density at radius 3 is 3.00 bits per heavy atom. The van der Waals surface area contributed by atoms with E-state index in [-0.39, 0.29) is 17.8 Å². The fourth-order valence-corrected chi connectivity index (χ4v) is 3.74. The van der Waals surface area contributed by atoms with Crippen molar-refractivity contribution >= 4 is 5.95 Å². The maximum absolute atomic E-state index is 14.4. The van der Waals surface area contributed by atoms with Crippen molar-refractivity contribution in [3.8, 4) is 0 Å². The van der Waals surface area contributed by atoms with Crippen LogP contribution in [0.25, 0.3) is 0 Å². The highest BCUT2D eigenvalue weighted by molar-refractivity contribution is 5.47. The van der Waals surface area contributed by atoms with Crippen molar-refractivity contribution in [2.75, 3.05) is 18.1 Å². The average molecular weight is 319 g/mol. The Balaban J connectivity index is 1.62. The van der Waals surface area contributed by atoms with E-state index in [1.54, 1.807) is 5.01 Å². The van der Waals surface area contributed by atoms with Gasteiger partial charge in [0.1, 0.15) is 5.83 Å². The Hall–Kier alpha value is -1.73. The minimum absolute atomic E-state index is 0.130. The number of fused-ring (bicyclic) bond motifs is 1. The Labute approximate surface area is 134 Å². The van der Waals surface area contributed by atoms with Crippen molar-refractivity contribution in [3.05, 3.63) is 29.6 Å². The van der Waals surface area contributed by atoms with Crippen LogP contribution in [-0.2, 0) is 0 Å². The summed E-state index contributed by atoms with van der Waals surface area (Å²) in [6, 6.07) is 0.196. The van der Waals surface area contributed by atoms with Crippen LogP contribution in [0.5, 0.6) is 0 Å². The molecule has 2 unspecified atom stereocenters. The highest BCUT2D eigenvalue weighted by Gasteiger charge is 2.41. The van der Waals surface area contributed by atoms with Gasteiger partial charge in [0.25, 0.3) is 5.95 Å². The summed E-state index contributed by atoms with van der Waals surface area (Å²) in [5.74, 6) is 1.29. The predicted octanol–water partition coefficient (Wildman–Crippen LogP) is 2.40. The molecule has 3 heterocycles. The normalized spacial score (nSPS) is 28.5. The zero-order valence-electron chi connectivity index (χ0n) is 13.3. The Morgan fingerprint density at radius 1 is 1.39 bits per heavy atom. The maximum Gasteiger partial charge on any atom is 0.285 e. The largest absolute Gasteiger partial charge is 0.337 e.